The Morgan fingerprint density at radius 2 is 1.50 bits per heavy atom. The van der Waals surface area contributed by atoms with E-state index < -0.39 is 0 Å². The average molecular weight is 271 g/mol. The minimum Gasteiger partial charge on any atom is -0.426 e. The minimum absolute atomic E-state index is 0.0106. The van der Waals surface area contributed by atoms with Crippen LogP contribution in [0.3, 0.4) is 0 Å². The van der Waals surface area contributed by atoms with Gasteiger partial charge in [0.05, 0.1) is 5.92 Å². The van der Waals surface area contributed by atoms with Gasteiger partial charge >= 0.3 is 5.97 Å². The normalized spacial score (nSPS) is 37.9. The first-order valence-corrected chi connectivity index (χ1v) is 7.76. The Bertz CT molecular complexity index is 494. The molecule has 1 aromatic rings. The number of esters is 1. The van der Waals surface area contributed by atoms with Crippen molar-refractivity contribution in [1.82, 2.24) is 0 Å². The van der Waals surface area contributed by atoms with Crippen LogP contribution in [0.5, 0.6) is 5.75 Å². The topological polar surface area (TPSA) is 52.3 Å². The van der Waals surface area contributed by atoms with E-state index in [1.807, 2.05) is 0 Å². The van der Waals surface area contributed by atoms with E-state index >= 15 is 0 Å². The molecule has 0 radical (unpaired) electrons. The van der Waals surface area contributed by atoms with E-state index in [4.69, 9.17) is 10.5 Å². The van der Waals surface area contributed by atoms with Gasteiger partial charge in [-0.3, -0.25) is 4.79 Å². The first-order valence-electron chi connectivity index (χ1n) is 7.76. The Morgan fingerprint density at radius 1 is 0.950 bits per heavy atom. The summed E-state index contributed by atoms with van der Waals surface area (Å²) in [5.74, 6) is 3.68. The Balaban J connectivity index is 1.50. The first kappa shape index (κ1) is 12.2. The largest absolute Gasteiger partial charge is 0.426 e. The molecule has 0 heterocycles. The molecule has 1 aromatic carbocycles. The van der Waals surface area contributed by atoms with Gasteiger partial charge in [-0.2, -0.15) is 0 Å². The van der Waals surface area contributed by atoms with Crippen molar-refractivity contribution in [2.24, 2.45) is 29.6 Å². The van der Waals surface area contributed by atoms with Crippen LogP contribution >= 0.6 is 0 Å². The van der Waals surface area contributed by atoms with Crippen LogP contribution in [0.4, 0.5) is 5.69 Å². The highest BCUT2D eigenvalue weighted by Crippen LogP contribution is 2.56. The third-order valence-corrected chi connectivity index (χ3v) is 5.60. The smallest absolute Gasteiger partial charge is 0.314 e. The Morgan fingerprint density at radius 3 is 2.05 bits per heavy atom. The number of nitrogens with two attached hydrogens (primary N) is 1. The molecule has 2 N–H and O–H groups in total. The van der Waals surface area contributed by atoms with Gasteiger partial charge in [0.2, 0.25) is 0 Å². The molecule has 3 nitrogen and oxygen atoms in total. The third kappa shape index (κ3) is 2.00. The maximum Gasteiger partial charge on any atom is 0.314 e. The lowest BCUT2D eigenvalue weighted by Gasteiger charge is -2.53. The summed E-state index contributed by atoms with van der Waals surface area (Å²) in [6, 6.07) is 7.12. The maximum absolute atomic E-state index is 12.5. The monoisotopic (exact) mass is 271 g/mol. The van der Waals surface area contributed by atoms with E-state index in [0.29, 0.717) is 23.3 Å². The SMILES string of the molecule is Nc1ccc(OC(=O)C2C3CC4CC(C3)CC2C4)cc1. The highest BCUT2D eigenvalue weighted by atomic mass is 16.5. The van der Waals surface area contributed by atoms with Crippen molar-refractivity contribution >= 4 is 11.7 Å². The van der Waals surface area contributed by atoms with Gasteiger partial charge in [-0.05, 0) is 80.0 Å². The van der Waals surface area contributed by atoms with Gasteiger partial charge < -0.3 is 10.5 Å². The summed E-state index contributed by atoms with van der Waals surface area (Å²) in [7, 11) is 0. The average Bonchev–Trinajstić information content (AvgIpc) is 2.40. The molecule has 4 saturated carbocycles. The molecule has 0 saturated heterocycles. The number of nitrogen functional groups attached to an aromatic ring is 1. The molecule has 4 aliphatic carbocycles. The fourth-order valence-electron chi connectivity index (χ4n) is 5.03. The standard InChI is InChI=1S/C17H21NO2/c18-14-1-3-15(4-2-14)20-17(19)16-12-6-10-5-11(8-12)9-13(16)7-10/h1-4,10-13,16H,5-9,18H2. The number of carbonyl (C=O) groups is 1. The predicted octanol–water partition coefficient (Wildman–Crippen LogP) is 3.25. The highest BCUT2D eigenvalue weighted by molar-refractivity contribution is 5.76. The van der Waals surface area contributed by atoms with E-state index in [2.05, 4.69) is 0 Å². The van der Waals surface area contributed by atoms with E-state index in [9.17, 15) is 4.79 Å². The molecule has 4 fully saturated rings. The van der Waals surface area contributed by atoms with Gasteiger partial charge in [0.15, 0.2) is 0 Å². The van der Waals surface area contributed by atoms with Crippen LogP contribution in [0.2, 0.25) is 0 Å². The zero-order valence-electron chi connectivity index (χ0n) is 11.6. The number of anilines is 1. The van der Waals surface area contributed by atoms with Crippen LogP contribution in [0, 0.1) is 29.6 Å². The van der Waals surface area contributed by atoms with Crippen molar-refractivity contribution in [2.75, 3.05) is 5.73 Å². The van der Waals surface area contributed by atoms with Crippen molar-refractivity contribution in [3.63, 3.8) is 0 Å². The van der Waals surface area contributed by atoms with Crippen LogP contribution in [0.1, 0.15) is 32.1 Å². The van der Waals surface area contributed by atoms with Gasteiger partial charge in [0, 0.05) is 5.69 Å². The zero-order valence-corrected chi connectivity index (χ0v) is 11.6. The summed E-state index contributed by atoms with van der Waals surface area (Å²) in [4.78, 5) is 12.5. The molecule has 106 valence electrons. The number of ether oxygens (including phenoxy) is 1. The molecule has 5 rings (SSSR count). The maximum atomic E-state index is 12.5. The summed E-state index contributed by atoms with van der Waals surface area (Å²) in [6.45, 7) is 0. The van der Waals surface area contributed by atoms with Crippen LogP contribution in [-0.4, -0.2) is 5.97 Å². The molecule has 0 spiro atoms. The summed E-state index contributed by atoms with van der Waals surface area (Å²) < 4.78 is 5.60. The second-order valence-electron chi connectivity index (χ2n) is 6.95. The van der Waals surface area contributed by atoms with Gasteiger partial charge in [0.1, 0.15) is 5.75 Å². The van der Waals surface area contributed by atoms with Gasteiger partial charge in [-0.25, -0.2) is 0 Å². The van der Waals surface area contributed by atoms with Crippen LogP contribution in [0.25, 0.3) is 0 Å². The summed E-state index contributed by atoms with van der Waals surface area (Å²) in [5.41, 5.74) is 6.35. The van der Waals surface area contributed by atoms with Crippen LogP contribution in [0.15, 0.2) is 24.3 Å². The molecule has 0 unspecified atom stereocenters. The fraction of sp³-hybridized carbons (Fsp3) is 0.588. The summed E-state index contributed by atoms with van der Waals surface area (Å²) in [5, 5.41) is 0. The lowest BCUT2D eigenvalue weighted by Crippen LogP contribution is -2.49. The molecule has 0 amide bonds. The second kappa shape index (κ2) is 4.51. The van der Waals surface area contributed by atoms with Gasteiger partial charge in [-0.15, -0.1) is 0 Å². The molecular weight excluding hydrogens is 250 g/mol. The lowest BCUT2D eigenvalue weighted by atomic mass is 9.52. The minimum atomic E-state index is -0.0106. The van der Waals surface area contributed by atoms with Crippen molar-refractivity contribution in [3.05, 3.63) is 24.3 Å². The molecule has 0 aromatic heterocycles. The Labute approximate surface area is 119 Å². The predicted molar refractivity (Wildman–Crippen MR) is 77.0 cm³/mol. The number of carbonyl (C=O) groups excluding carboxylic acids is 1. The number of benzene rings is 1. The van der Waals surface area contributed by atoms with Crippen molar-refractivity contribution in [1.29, 1.82) is 0 Å². The lowest BCUT2D eigenvalue weighted by molar-refractivity contribution is -0.152. The fourth-order valence-corrected chi connectivity index (χ4v) is 5.03. The van der Waals surface area contributed by atoms with Crippen molar-refractivity contribution in [2.45, 2.75) is 32.1 Å². The van der Waals surface area contributed by atoms with Gasteiger partial charge in [-0.1, -0.05) is 0 Å². The molecule has 0 aliphatic heterocycles. The molecule has 0 atom stereocenters. The summed E-state index contributed by atoms with van der Waals surface area (Å²) in [6.07, 6.45) is 6.39. The van der Waals surface area contributed by atoms with E-state index in [0.717, 1.165) is 11.8 Å². The number of rotatable bonds is 2. The second-order valence-corrected chi connectivity index (χ2v) is 6.95. The molecule has 4 aliphatic rings. The van der Waals surface area contributed by atoms with Gasteiger partial charge in [0.25, 0.3) is 0 Å². The van der Waals surface area contributed by atoms with E-state index in [1.54, 1.807) is 24.3 Å². The summed E-state index contributed by atoms with van der Waals surface area (Å²) >= 11 is 0. The number of hydrogen-bond donors (Lipinski definition) is 1. The van der Waals surface area contributed by atoms with Crippen LogP contribution in [-0.2, 0) is 4.79 Å². The van der Waals surface area contributed by atoms with E-state index in [1.165, 1.54) is 32.1 Å². The first-order chi connectivity index (χ1) is 9.69. The Kier molecular flexibility index (Phi) is 2.76. The highest BCUT2D eigenvalue weighted by Gasteiger charge is 2.51. The van der Waals surface area contributed by atoms with Crippen molar-refractivity contribution in [3.8, 4) is 5.75 Å². The third-order valence-electron chi connectivity index (χ3n) is 5.60. The van der Waals surface area contributed by atoms with E-state index in [-0.39, 0.29) is 11.9 Å². The van der Waals surface area contributed by atoms with Crippen LogP contribution < -0.4 is 10.5 Å². The van der Waals surface area contributed by atoms with Crippen molar-refractivity contribution < 1.29 is 9.53 Å². The molecular formula is C17H21NO2. The zero-order chi connectivity index (χ0) is 13.7. The molecule has 4 bridgehead atoms. The molecule has 20 heavy (non-hydrogen) atoms. The quantitative estimate of drug-likeness (QED) is 0.510. The molecule has 3 heteroatoms. The number of hydrogen-bond acceptors (Lipinski definition) is 3. The Hall–Kier alpha value is -1.51.